The number of halogens is 2. The number of H-pyrrole nitrogens is 1. The third-order valence-corrected chi connectivity index (χ3v) is 8.01. The molecular weight excluding hydrogens is 420 g/mol. The van der Waals surface area contributed by atoms with Gasteiger partial charge in [-0.2, -0.15) is 0 Å². The number of rotatable bonds is 4. The van der Waals surface area contributed by atoms with Crippen molar-refractivity contribution in [1.82, 2.24) is 19.5 Å². The Morgan fingerprint density at radius 1 is 1.06 bits per heavy atom. The molecule has 2 bridgehead atoms. The van der Waals surface area contributed by atoms with Gasteiger partial charge in [-0.1, -0.05) is 6.92 Å². The molecule has 0 spiro atoms. The average Bonchev–Trinajstić information content (AvgIpc) is 3.41. The molecule has 0 amide bonds. The van der Waals surface area contributed by atoms with Crippen LogP contribution in [0.2, 0.25) is 0 Å². The van der Waals surface area contributed by atoms with E-state index in [0.29, 0.717) is 34.7 Å². The number of anilines is 1. The SMILES string of the molecule is CC(C)n1ccc2c(N[C@@H]3C4CCC(CC4)[C@H]3C)nc(-c3c[nH]c4c(F)cc(F)cc34)nc21. The summed E-state index contributed by atoms with van der Waals surface area (Å²) in [5, 5.41) is 5.24. The summed E-state index contributed by atoms with van der Waals surface area (Å²) < 4.78 is 30.5. The van der Waals surface area contributed by atoms with Crippen LogP contribution in [0.4, 0.5) is 14.6 Å². The minimum Gasteiger partial charge on any atom is -0.366 e. The van der Waals surface area contributed by atoms with E-state index in [1.165, 1.54) is 31.7 Å². The first-order valence-electron chi connectivity index (χ1n) is 12.0. The van der Waals surface area contributed by atoms with Gasteiger partial charge < -0.3 is 14.9 Å². The summed E-state index contributed by atoms with van der Waals surface area (Å²) in [6.07, 6.45) is 8.90. The molecule has 1 aromatic carbocycles. The van der Waals surface area contributed by atoms with Gasteiger partial charge in [0.1, 0.15) is 23.1 Å². The molecule has 33 heavy (non-hydrogen) atoms. The Bertz CT molecular complexity index is 1340. The Hall–Kier alpha value is -2.96. The molecule has 0 aliphatic heterocycles. The summed E-state index contributed by atoms with van der Waals surface area (Å²) in [7, 11) is 0. The van der Waals surface area contributed by atoms with E-state index in [1.54, 1.807) is 6.20 Å². The standard InChI is InChI=1S/C26H29F2N5/c1-13(2)33-9-8-18-24(30-22-14(3)15-4-6-16(22)7-5-15)31-25(32-26(18)33)20-12-29-23-19(20)10-17(27)11-21(23)28/h8-16,22,29H,4-7H2,1-3H3,(H,30,31,32)/t14-,15?,16?,22+/m1/s1. The topological polar surface area (TPSA) is 58.5 Å². The first-order chi connectivity index (χ1) is 15.9. The van der Waals surface area contributed by atoms with Crippen LogP contribution in [0.15, 0.2) is 30.6 Å². The summed E-state index contributed by atoms with van der Waals surface area (Å²) in [6, 6.07) is 4.91. The van der Waals surface area contributed by atoms with Gasteiger partial charge in [0.25, 0.3) is 0 Å². The van der Waals surface area contributed by atoms with Crippen molar-refractivity contribution < 1.29 is 8.78 Å². The Balaban J connectivity index is 1.52. The van der Waals surface area contributed by atoms with Crippen LogP contribution in [0, 0.1) is 29.4 Å². The summed E-state index contributed by atoms with van der Waals surface area (Å²) >= 11 is 0. The number of nitrogens with one attached hydrogen (secondary N) is 2. The second-order valence-electron chi connectivity index (χ2n) is 10.2. The highest BCUT2D eigenvalue weighted by molar-refractivity contribution is 5.96. The van der Waals surface area contributed by atoms with Crippen molar-refractivity contribution >= 4 is 27.8 Å². The van der Waals surface area contributed by atoms with E-state index in [2.05, 4.69) is 41.7 Å². The molecule has 3 aliphatic carbocycles. The van der Waals surface area contributed by atoms with Gasteiger partial charge in [-0.15, -0.1) is 0 Å². The molecule has 0 unspecified atom stereocenters. The maximum absolute atomic E-state index is 14.3. The number of aromatic nitrogens is 4. The lowest BCUT2D eigenvalue weighted by Crippen LogP contribution is -2.47. The van der Waals surface area contributed by atoms with Gasteiger partial charge in [0.05, 0.1) is 10.9 Å². The molecule has 0 saturated heterocycles. The van der Waals surface area contributed by atoms with Crippen LogP contribution in [-0.4, -0.2) is 25.6 Å². The summed E-state index contributed by atoms with van der Waals surface area (Å²) in [4.78, 5) is 12.8. The molecule has 3 aliphatic rings. The van der Waals surface area contributed by atoms with Crippen LogP contribution >= 0.6 is 0 Å². The molecule has 172 valence electrons. The third kappa shape index (κ3) is 3.23. The number of benzene rings is 1. The Morgan fingerprint density at radius 3 is 2.55 bits per heavy atom. The van der Waals surface area contributed by atoms with E-state index in [0.717, 1.165) is 28.8 Å². The third-order valence-electron chi connectivity index (χ3n) is 8.01. The predicted molar refractivity (Wildman–Crippen MR) is 127 cm³/mol. The van der Waals surface area contributed by atoms with E-state index in [-0.39, 0.29) is 11.6 Å². The van der Waals surface area contributed by atoms with Gasteiger partial charge in [-0.25, -0.2) is 18.7 Å². The molecule has 3 saturated carbocycles. The van der Waals surface area contributed by atoms with Gasteiger partial charge >= 0.3 is 0 Å². The van der Waals surface area contributed by atoms with Crippen molar-refractivity contribution in [2.45, 2.75) is 58.5 Å². The van der Waals surface area contributed by atoms with E-state index in [4.69, 9.17) is 9.97 Å². The number of aromatic amines is 1. The lowest BCUT2D eigenvalue weighted by molar-refractivity contribution is 0.0929. The second-order valence-corrected chi connectivity index (χ2v) is 10.2. The van der Waals surface area contributed by atoms with E-state index in [1.807, 2.05) is 6.20 Å². The number of nitrogens with zero attached hydrogens (tertiary/aromatic N) is 3. The molecular formula is C26H29F2N5. The Labute approximate surface area is 191 Å². The first kappa shape index (κ1) is 20.6. The predicted octanol–water partition coefficient (Wildman–Crippen LogP) is 6.68. The van der Waals surface area contributed by atoms with Crippen LogP contribution < -0.4 is 5.32 Å². The quantitative estimate of drug-likeness (QED) is 0.366. The summed E-state index contributed by atoms with van der Waals surface area (Å²) in [5.74, 6) is 2.06. The van der Waals surface area contributed by atoms with Crippen molar-refractivity contribution in [3.8, 4) is 11.4 Å². The molecule has 3 aromatic heterocycles. The fraction of sp³-hybridized carbons (Fsp3) is 0.462. The molecule has 7 heteroatoms. The van der Waals surface area contributed by atoms with E-state index >= 15 is 0 Å². The van der Waals surface area contributed by atoms with Crippen LogP contribution in [0.1, 0.15) is 52.5 Å². The molecule has 3 heterocycles. The van der Waals surface area contributed by atoms with Crippen molar-refractivity contribution in [3.05, 3.63) is 42.2 Å². The van der Waals surface area contributed by atoms with E-state index < -0.39 is 11.6 Å². The molecule has 4 aromatic rings. The zero-order valence-corrected chi connectivity index (χ0v) is 19.2. The summed E-state index contributed by atoms with van der Waals surface area (Å²) in [5.41, 5.74) is 1.70. The molecule has 5 nitrogen and oxygen atoms in total. The molecule has 2 N–H and O–H groups in total. The van der Waals surface area contributed by atoms with Crippen molar-refractivity contribution in [1.29, 1.82) is 0 Å². The largest absolute Gasteiger partial charge is 0.366 e. The van der Waals surface area contributed by atoms with Gasteiger partial charge in [-0.3, -0.25) is 0 Å². The normalized spacial score (nSPS) is 24.9. The maximum Gasteiger partial charge on any atom is 0.166 e. The van der Waals surface area contributed by atoms with Crippen molar-refractivity contribution in [2.24, 2.45) is 17.8 Å². The van der Waals surface area contributed by atoms with Crippen molar-refractivity contribution in [3.63, 3.8) is 0 Å². The van der Waals surface area contributed by atoms with Crippen LogP contribution in [0.5, 0.6) is 0 Å². The van der Waals surface area contributed by atoms with Crippen LogP contribution in [-0.2, 0) is 0 Å². The number of hydrogen-bond donors (Lipinski definition) is 2. The first-order valence-corrected chi connectivity index (χ1v) is 12.0. The van der Waals surface area contributed by atoms with Crippen molar-refractivity contribution in [2.75, 3.05) is 5.32 Å². The Morgan fingerprint density at radius 2 is 1.82 bits per heavy atom. The fourth-order valence-electron chi connectivity index (χ4n) is 6.18. The zero-order valence-electron chi connectivity index (χ0n) is 19.2. The minimum atomic E-state index is -0.617. The lowest BCUT2D eigenvalue weighted by Gasteiger charge is -2.47. The highest BCUT2D eigenvalue weighted by Crippen LogP contribution is 2.46. The zero-order chi connectivity index (χ0) is 22.9. The van der Waals surface area contributed by atoms with Crippen LogP contribution in [0.3, 0.4) is 0 Å². The number of hydrogen-bond acceptors (Lipinski definition) is 3. The molecule has 2 atom stereocenters. The smallest absolute Gasteiger partial charge is 0.166 e. The number of fused-ring (bicyclic) bond motifs is 5. The highest BCUT2D eigenvalue weighted by atomic mass is 19.1. The van der Waals surface area contributed by atoms with Gasteiger partial charge in [0.15, 0.2) is 5.82 Å². The monoisotopic (exact) mass is 449 g/mol. The summed E-state index contributed by atoms with van der Waals surface area (Å²) in [6.45, 7) is 6.59. The van der Waals surface area contributed by atoms with Gasteiger partial charge in [-0.05, 0) is 69.4 Å². The molecule has 7 rings (SSSR count). The highest BCUT2D eigenvalue weighted by Gasteiger charge is 2.41. The van der Waals surface area contributed by atoms with Gasteiger partial charge in [0, 0.05) is 41.5 Å². The average molecular weight is 450 g/mol. The van der Waals surface area contributed by atoms with Gasteiger partial charge in [0.2, 0.25) is 0 Å². The molecule has 0 radical (unpaired) electrons. The van der Waals surface area contributed by atoms with Crippen LogP contribution in [0.25, 0.3) is 33.3 Å². The minimum absolute atomic E-state index is 0.223. The Kier molecular flexibility index (Phi) is 4.71. The fourth-order valence-corrected chi connectivity index (χ4v) is 6.18. The maximum atomic E-state index is 14.3. The lowest BCUT2D eigenvalue weighted by atomic mass is 9.62. The van der Waals surface area contributed by atoms with E-state index in [9.17, 15) is 8.78 Å². The molecule has 3 fully saturated rings. The second kappa shape index (κ2) is 7.54.